The van der Waals surface area contributed by atoms with Crippen LogP contribution in [0.1, 0.15) is 23.8 Å². The van der Waals surface area contributed by atoms with Gasteiger partial charge in [0.05, 0.1) is 11.2 Å². The van der Waals surface area contributed by atoms with Crippen molar-refractivity contribution in [3.63, 3.8) is 0 Å². The van der Waals surface area contributed by atoms with Gasteiger partial charge in [-0.15, -0.1) is 11.3 Å². The van der Waals surface area contributed by atoms with Gasteiger partial charge in [-0.05, 0) is 12.8 Å². The number of halogens is 1. The molecule has 0 bridgehead atoms. The van der Waals surface area contributed by atoms with Crippen molar-refractivity contribution in [2.24, 2.45) is 0 Å². The molecule has 1 aromatic heterocycles. The van der Waals surface area contributed by atoms with Gasteiger partial charge in [0.2, 0.25) is 0 Å². The first-order valence-electron chi connectivity index (χ1n) is 3.48. The van der Waals surface area contributed by atoms with Crippen molar-refractivity contribution in [3.8, 4) is 0 Å². The molecule has 0 unspecified atom stereocenters. The third-order valence-electron chi connectivity index (χ3n) is 1.67. The molecular formula is C6H6ClNO2S2. The predicted octanol–water partition coefficient (Wildman–Crippen LogP) is 1.95. The fraction of sp³-hybridized carbons (Fsp3) is 0.500. The minimum absolute atomic E-state index is 0.158. The average molecular weight is 224 g/mol. The van der Waals surface area contributed by atoms with Crippen LogP contribution in [0.2, 0.25) is 0 Å². The molecule has 1 heterocycles. The summed E-state index contributed by atoms with van der Waals surface area (Å²) >= 11 is 1.18. The van der Waals surface area contributed by atoms with Gasteiger partial charge in [-0.25, -0.2) is 13.4 Å². The molecule has 1 saturated carbocycles. The van der Waals surface area contributed by atoms with Crippen LogP contribution in [0.15, 0.2) is 10.4 Å². The highest BCUT2D eigenvalue weighted by Gasteiger charge is 2.28. The van der Waals surface area contributed by atoms with Crippen molar-refractivity contribution in [1.29, 1.82) is 0 Å². The van der Waals surface area contributed by atoms with Crippen molar-refractivity contribution in [2.75, 3.05) is 0 Å². The minimum atomic E-state index is -3.56. The Morgan fingerprint density at radius 3 is 2.67 bits per heavy atom. The summed E-state index contributed by atoms with van der Waals surface area (Å²) in [6.45, 7) is 0. The highest BCUT2D eigenvalue weighted by molar-refractivity contribution is 8.15. The Morgan fingerprint density at radius 1 is 1.58 bits per heavy atom. The average Bonchev–Trinajstić information content (AvgIpc) is 2.66. The first-order valence-corrected chi connectivity index (χ1v) is 6.60. The molecule has 12 heavy (non-hydrogen) atoms. The van der Waals surface area contributed by atoms with E-state index in [2.05, 4.69) is 4.98 Å². The fourth-order valence-corrected chi connectivity index (χ4v) is 2.96. The van der Waals surface area contributed by atoms with E-state index in [1.54, 1.807) is 0 Å². The zero-order valence-corrected chi connectivity index (χ0v) is 8.42. The number of hydrogen-bond acceptors (Lipinski definition) is 4. The van der Waals surface area contributed by atoms with Gasteiger partial charge in [-0.3, -0.25) is 0 Å². The Morgan fingerprint density at radius 2 is 2.25 bits per heavy atom. The lowest BCUT2D eigenvalue weighted by atomic mass is 10.5. The van der Waals surface area contributed by atoms with E-state index < -0.39 is 9.05 Å². The number of hydrogen-bond donors (Lipinski definition) is 0. The van der Waals surface area contributed by atoms with E-state index in [9.17, 15) is 8.42 Å². The van der Waals surface area contributed by atoms with Gasteiger partial charge in [0, 0.05) is 16.6 Å². The fourth-order valence-electron chi connectivity index (χ4n) is 0.904. The summed E-state index contributed by atoms with van der Waals surface area (Å²) in [5, 5.41) is 0.897. The second kappa shape index (κ2) is 2.68. The molecule has 0 atom stereocenters. The van der Waals surface area contributed by atoms with Crippen LogP contribution in [0, 0.1) is 0 Å². The molecule has 0 N–H and O–H groups in total. The van der Waals surface area contributed by atoms with Crippen LogP contribution in [0.25, 0.3) is 0 Å². The molecular weight excluding hydrogens is 218 g/mol. The van der Waals surface area contributed by atoms with Crippen molar-refractivity contribution in [1.82, 2.24) is 4.98 Å². The molecule has 1 aliphatic carbocycles. The summed E-state index contributed by atoms with van der Waals surface area (Å²) in [6.07, 6.45) is 3.57. The van der Waals surface area contributed by atoms with E-state index in [4.69, 9.17) is 10.7 Å². The molecule has 0 spiro atoms. The maximum absolute atomic E-state index is 10.8. The van der Waals surface area contributed by atoms with Crippen molar-refractivity contribution < 1.29 is 8.42 Å². The van der Waals surface area contributed by atoms with Crippen molar-refractivity contribution >= 4 is 31.1 Å². The molecule has 1 fully saturated rings. The second-order valence-electron chi connectivity index (χ2n) is 2.73. The van der Waals surface area contributed by atoms with E-state index >= 15 is 0 Å². The van der Waals surface area contributed by atoms with E-state index in [0.717, 1.165) is 17.8 Å². The molecule has 3 nitrogen and oxygen atoms in total. The van der Waals surface area contributed by atoms with Crippen molar-refractivity contribution in [3.05, 3.63) is 11.2 Å². The predicted molar refractivity (Wildman–Crippen MR) is 47.1 cm³/mol. The van der Waals surface area contributed by atoms with Crippen LogP contribution >= 0.6 is 22.0 Å². The quantitative estimate of drug-likeness (QED) is 0.720. The second-order valence-corrected chi connectivity index (χ2v) is 6.58. The third-order valence-corrected chi connectivity index (χ3v) is 4.89. The third kappa shape index (κ3) is 1.62. The molecule has 0 aromatic carbocycles. The van der Waals surface area contributed by atoms with E-state index in [1.807, 2.05) is 0 Å². The van der Waals surface area contributed by atoms with Crippen LogP contribution in [-0.4, -0.2) is 13.4 Å². The maximum atomic E-state index is 10.8. The van der Waals surface area contributed by atoms with Crippen LogP contribution in [0.4, 0.5) is 0 Å². The van der Waals surface area contributed by atoms with Gasteiger partial charge < -0.3 is 0 Å². The number of nitrogens with zero attached hydrogens (tertiary/aromatic N) is 1. The van der Waals surface area contributed by atoms with Crippen LogP contribution in [-0.2, 0) is 9.05 Å². The van der Waals surface area contributed by atoms with Gasteiger partial charge in [0.15, 0.2) is 4.21 Å². The summed E-state index contributed by atoms with van der Waals surface area (Å²) in [5.74, 6) is 0.488. The molecule has 2 rings (SSSR count). The largest absolute Gasteiger partial charge is 0.272 e. The number of thiazole rings is 1. The van der Waals surface area contributed by atoms with Crippen LogP contribution < -0.4 is 0 Å². The summed E-state index contributed by atoms with van der Waals surface area (Å²) < 4.78 is 21.8. The Balaban J connectivity index is 2.35. The molecule has 1 aliphatic rings. The lowest BCUT2D eigenvalue weighted by Crippen LogP contribution is -1.83. The van der Waals surface area contributed by atoms with Gasteiger partial charge in [-0.1, -0.05) is 0 Å². The highest BCUT2D eigenvalue weighted by atomic mass is 35.7. The molecule has 66 valence electrons. The maximum Gasteiger partial charge on any atom is 0.272 e. The molecule has 1 aromatic rings. The van der Waals surface area contributed by atoms with Gasteiger partial charge >= 0.3 is 0 Å². The minimum Gasteiger partial charge on any atom is -0.248 e. The summed E-state index contributed by atoms with van der Waals surface area (Å²) in [6, 6.07) is 0. The summed E-state index contributed by atoms with van der Waals surface area (Å²) in [4.78, 5) is 4.00. The molecule has 0 aliphatic heterocycles. The molecule has 0 amide bonds. The zero-order chi connectivity index (χ0) is 8.77. The highest BCUT2D eigenvalue weighted by Crippen LogP contribution is 2.42. The van der Waals surface area contributed by atoms with E-state index in [1.165, 1.54) is 17.5 Å². The van der Waals surface area contributed by atoms with Crippen LogP contribution in [0.3, 0.4) is 0 Å². The monoisotopic (exact) mass is 223 g/mol. The Hall–Kier alpha value is -0.130. The zero-order valence-electron chi connectivity index (χ0n) is 6.03. The summed E-state index contributed by atoms with van der Waals surface area (Å²) in [5.41, 5.74) is 0. The van der Waals surface area contributed by atoms with Crippen LogP contribution in [0.5, 0.6) is 0 Å². The Labute approximate surface area is 78.8 Å². The summed E-state index contributed by atoms with van der Waals surface area (Å²) in [7, 11) is 1.58. The standard InChI is InChI=1S/C6H6ClNO2S2/c7-12(9,10)5-3-8-6(11-5)4-1-2-4/h3-4H,1-2H2. The van der Waals surface area contributed by atoms with Gasteiger partial charge in [-0.2, -0.15) is 0 Å². The Bertz CT molecular complexity index is 393. The SMILES string of the molecule is O=S(=O)(Cl)c1cnc(C2CC2)s1. The van der Waals surface area contributed by atoms with Gasteiger partial charge in [0.25, 0.3) is 9.05 Å². The lowest BCUT2D eigenvalue weighted by molar-refractivity contribution is 0.611. The topological polar surface area (TPSA) is 47.0 Å². The van der Waals surface area contributed by atoms with E-state index in [0.29, 0.717) is 5.92 Å². The molecule has 0 saturated heterocycles. The van der Waals surface area contributed by atoms with E-state index in [-0.39, 0.29) is 4.21 Å². The van der Waals surface area contributed by atoms with Crippen molar-refractivity contribution in [2.45, 2.75) is 23.0 Å². The molecule has 0 radical (unpaired) electrons. The normalized spacial score (nSPS) is 18.1. The Kier molecular flexibility index (Phi) is 1.89. The lowest BCUT2D eigenvalue weighted by Gasteiger charge is -1.85. The number of aromatic nitrogens is 1. The first-order chi connectivity index (χ1) is 5.57. The first kappa shape index (κ1) is 8.47. The molecule has 6 heteroatoms. The van der Waals surface area contributed by atoms with Gasteiger partial charge in [0.1, 0.15) is 0 Å². The number of rotatable bonds is 2. The smallest absolute Gasteiger partial charge is 0.248 e.